The van der Waals surface area contributed by atoms with Crippen LogP contribution in [0.4, 0.5) is 5.95 Å². The molecule has 0 aliphatic carbocycles. The molecule has 0 bridgehead atoms. The molecule has 3 aromatic heterocycles. The van der Waals surface area contributed by atoms with Gasteiger partial charge in [0.25, 0.3) is 5.95 Å². The summed E-state index contributed by atoms with van der Waals surface area (Å²) in [5, 5.41) is 16.3. The van der Waals surface area contributed by atoms with Crippen molar-refractivity contribution in [2.75, 3.05) is 5.43 Å². The van der Waals surface area contributed by atoms with Gasteiger partial charge in [0.1, 0.15) is 42.6 Å². The van der Waals surface area contributed by atoms with Gasteiger partial charge >= 0.3 is 11.9 Å². The molecule has 5 heterocycles. The molecule has 40 heavy (non-hydrogen) atoms. The van der Waals surface area contributed by atoms with Crippen LogP contribution in [0.1, 0.15) is 43.4 Å². The Morgan fingerprint density at radius 2 is 1.38 bits per heavy atom. The summed E-state index contributed by atoms with van der Waals surface area (Å²) in [7, 11) is 0. The van der Waals surface area contributed by atoms with E-state index in [1.165, 1.54) is 23.4 Å². The largest absolute Gasteiger partial charge is 0.457 e. The van der Waals surface area contributed by atoms with Crippen molar-refractivity contribution in [1.82, 2.24) is 14.9 Å². The number of furan rings is 2. The van der Waals surface area contributed by atoms with Crippen LogP contribution < -0.4 is 5.43 Å². The van der Waals surface area contributed by atoms with Crippen LogP contribution in [0.15, 0.2) is 86.0 Å². The standard InChI is InChI=1S/C28H18N6O6/c35-26-22-9-16(1-3-18(22)13-37-26)24-7-5-20(39-24)11-29-32-28-33-30-15-34(28)31-12-21-6-8-25(40-21)17-2-4-19-14-38-27(36)23(19)10-17/h1-12,15H,13-14H2,(H,32,33)/b29-11-,31-12+. The van der Waals surface area contributed by atoms with Gasteiger partial charge in [0.05, 0.1) is 23.6 Å². The quantitative estimate of drug-likeness (QED) is 0.181. The van der Waals surface area contributed by atoms with Crippen molar-refractivity contribution >= 4 is 30.3 Å². The smallest absolute Gasteiger partial charge is 0.338 e. The van der Waals surface area contributed by atoms with Gasteiger partial charge in [-0.1, -0.05) is 24.3 Å². The SMILES string of the molecule is O=C1OCc2ccc(-c3ccc(/C=N\Nc4nncn4/N=C/c4ccc(-c5ccc6c(c5)C(=O)OC6)o4)o3)cc21. The van der Waals surface area contributed by atoms with Crippen molar-refractivity contribution in [2.45, 2.75) is 13.2 Å². The third kappa shape index (κ3) is 4.32. The molecule has 0 saturated carbocycles. The maximum absolute atomic E-state index is 11.9. The highest BCUT2D eigenvalue weighted by Gasteiger charge is 2.23. The maximum Gasteiger partial charge on any atom is 0.338 e. The first-order valence-corrected chi connectivity index (χ1v) is 12.1. The molecular formula is C28H18N6O6. The van der Waals surface area contributed by atoms with E-state index in [9.17, 15) is 9.59 Å². The predicted molar refractivity (Wildman–Crippen MR) is 141 cm³/mol. The average Bonchev–Trinajstić information content (AvgIpc) is 3.81. The Hall–Kier alpha value is -5.78. The molecule has 0 spiro atoms. The number of rotatable bonds is 7. The van der Waals surface area contributed by atoms with Gasteiger partial charge in [-0.15, -0.1) is 10.2 Å². The van der Waals surface area contributed by atoms with E-state index in [-0.39, 0.29) is 17.9 Å². The molecule has 12 heteroatoms. The van der Waals surface area contributed by atoms with Crippen molar-refractivity contribution in [2.24, 2.45) is 10.2 Å². The van der Waals surface area contributed by atoms with Crippen molar-refractivity contribution in [1.29, 1.82) is 0 Å². The Labute approximate surface area is 225 Å². The van der Waals surface area contributed by atoms with Gasteiger partial charge < -0.3 is 18.3 Å². The Kier molecular flexibility index (Phi) is 5.55. The van der Waals surface area contributed by atoms with Gasteiger partial charge in [-0.25, -0.2) is 15.0 Å². The molecule has 12 nitrogen and oxygen atoms in total. The lowest BCUT2D eigenvalue weighted by Gasteiger charge is -2.00. The minimum Gasteiger partial charge on any atom is -0.457 e. The van der Waals surface area contributed by atoms with E-state index < -0.39 is 0 Å². The zero-order chi connectivity index (χ0) is 27.1. The number of benzene rings is 2. The van der Waals surface area contributed by atoms with Crippen molar-refractivity contribution in [3.8, 4) is 22.6 Å². The summed E-state index contributed by atoms with van der Waals surface area (Å²) in [5.74, 6) is 1.76. The van der Waals surface area contributed by atoms with E-state index in [2.05, 4.69) is 25.8 Å². The first-order valence-electron chi connectivity index (χ1n) is 12.1. The van der Waals surface area contributed by atoms with E-state index >= 15 is 0 Å². The number of hydrazone groups is 1. The maximum atomic E-state index is 11.9. The van der Waals surface area contributed by atoms with Gasteiger partial charge in [0.2, 0.25) is 0 Å². The number of nitrogens with one attached hydrogen (secondary N) is 1. The molecule has 2 aliphatic rings. The topological polar surface area (TPSA) is 146 Å². The molecule has 7 rings (SSSR count). The fourth-order valence-corrected chi connectivity index (χ4v) is 4.35. The molecule has 0 saturated heterocycles. The zero-order valence-corrected chi connectivity index (χ0v) is 20.6. The van der Waals surface area contributed by atoms with Crippen molar-refractivity contribution in [3.05, 3.63) is 101 Å². The van der Waals surface area contributed by atoms with E-state index in [0.717, 1.165) is 22.3 Å². The van der Waals surface area contributed by atoms with Crippen LogP contribution in [0.3, 0.4) is 0 Å². The number of carbonyl (C=O) groups excluding carboxylic acids is 2. The van der Waals surface area contributed by atoms with Crippen LogP contribution in [0.5, 0.6) is 0 Å². The lowest BCUT2D eigenvalue weighted by Crippen LogP contribution is -1.98. The first kappa shape index (κ1) is 23.3. The number of hydrogen-bond acceptors (Lipinski definition) is 11. The molecule has 0 unspecified atom stereocenters. The molecule has 5 aromatic rings. The number of cyclic esters (lactones) is 2. The second-order valence-corrected chi connectivity index (χ2v) is 8.91. The summed E-state index contributed by atoms with van der Waals surface area (Å²) in [6, 6.07) is 18.1. The van der Waals surface area contributed by atoms with Gasteiger partial charge in [-0.2, -0.15) is 14.9 Å². The van der Waals surface area contributed by atoms with Gasteiger partial charge in [-0.3, -0.25) is 0 Å². The van der Waals surface area contributed by atoms with E-state index in [1.807, 2.05) is 24.3 Å². The van der Waals surface area contributed by atoms with E-state index in [4.69, 9.17) is 18.3 Å². The number of nitrogens with zero attached hydrogens (tertiary/aromatic N) is 5. The summed E-state index contributed by atoms with van der Waals surface area (Å²) >= 11 is 0. The van der Waals surface area contributed by atoms with Gasteiger partial charge in [0.15, 0.2) is 0 Å². The van der Waals surface area contributed by atoms with E-state index in [1.54, 1.807) is 36.4 Å². The number of anilines is 1. The summed E-state index contributed by atoms with van der Waals surface area (Å²) < 4.78 is 23.2. The fourth-order valence-electron chi connectivity index (χ4n) is 4.35. The number of esters is 2. The number of fused-ring (bicyclic) bond motifs is 2. The lowest BCUT2D eigenvalue weighted by molar-refractivity contribution is 0.0526. The minimum absolute atomic E-state index is 0.264. The van der Waals surface area contributed by atoms with Crippen LogP contribution >= 0.6 is 0 Å². The monoisotopic (exact) mass is 534 g/mol. The van der Waals surface area contributed by atoms with E-state index in [0.29, 0.717) is 47.4 Å². The molecule has 0 radical (unpaired) electrons. The molecule has 0 atom stereocenters. The van der Waals surface area contributed by atoms with Crippen molar-refractivity contribution in [3.63, 3.8) is 0 Å². The summed E-state index contributed by atoms with van der Waals surface area (Å²) in [6.45, 7) is 0.586. The van der Waals surface area contributed by atoms with Gasteiger partial charge in [-0.05, 0) is 36.4 Å². The third-order valence-corrected chi connectivity index (χ3v) is 6.40. The molecular weight excluding hydrogens is 516 g/mol. The molecule has 0 amide bonds. The highest BCUT2D eigenvalue weighted by Crippen LogP contribution is 2.29. The molecule has 2 aromatic carbocycles. The molecule has 0 fully saturated rings. The second kappa shape index (κ2) is 9.51. The Morgan fingerprint density at radius 1 is 0.775 bits per heavy atom. The van der Waals surface area contributed by atoms with Crippen LogP contribution in [0.25, 0.3) is 22.6 Å². The number of hydrogen-bond donors (Lipinski definition) is 1. The highest BCUT2D eigenvalue weighted by molar-refractivity contribution is 5.95. The van der Waals surface area contributed by atoms with Crippen molar-refractivity contribution < 1.29 is 27.9 Å². The number of ether oxygens (including phenoxy) is 2. The fraction of sp³-hybridized carbons (Fsp3) is 0.0714. The lowest BCUT2D eigenvalue weighted by atomic mass is 10.0. The Morgan fingerprint density at radius 3 is 2.00 bits per heavy atom. The van der Waals surface area contributed by atoms with Gasteiger partial charge in [0, 0.05) is 22.3 Å². The average molecular weight is 534 g/mol. The highest BCUT2D eigenvalue weighted by atomic mass is 16.5. The summed E-state index contributed by atoms with van der Waals surface area (Å²) in [5.41, 5.74) is 7.11. The minimum atomic E-state index is -0.333. The number of carbonyl (C=O) groups is 2. The van der Waals surface area contributed by atoms with Crippen LogP contribution in [0, 0.1) is 0 Å². The van der Waals surface area contributed by atoms with Crippen LogP contribution in [0.2, 0.25) is 0 Å². The predicted octanol–water partition coefficient (Wildman–Crippen LogP) is 4.47. The molecule has 2 aliphatic heterocycles. The van der Waals surface area contributed by atoms with Crippen LogP contribution in [-0.2, 0) is 22.7 Å². The second-order valence-electron chi connectivity index (χ2n) is 8.91. The third-order valence-electron chi connectivity index (χ3n) is 6.40. The summed E-state index contributed by atoms with van der Waals surface area (Å²) in [4.78, 5) is 23.7. The first-order chi connectivity index (χ1) is 19.6. The normalized spacial score (nSPS) is 14.1. The number of aromatic nitrogens is 3. The Balaban J connectivity index is 1.01. The summed E-state index contributed by atoms with van der Waals surface area (Å²) in [6.07, 6.45) is 4.40. The molecule has 1 N–H and O–H groups in total. The zero-order valence-electron chi connectivity index (χ0n) is 20.6. The Bertz CT molecular complexity index is 1850. The molecule has 196 valence electrons. The van der Waals surface area contributed by atoms with Crippen LogP contribution in [-0.4, -0.2) is 39.2 Å².